The highest BCUT2D eigenvalue weighted by atomic mass is 16.5. The standard InChI is InChI=1S/C17H24O2/c1-5-13(4)17(18)19-16-10-12(3)8-14-7-6-11(2)9-15(14)16/h6-8,11-13,15-16H,5,10H2,1-4H3. The molecule has 0 bridgehead atoms. The summed E-state index contributed by atoms with van der Waals surface area (Å²) < 4.78 is 5.76. The van der Waals surface area contributed by atoms with Gasteiger partial charge in [0.1, 0.15) is 6.10 Å². The quantitative estimate of drug-likeness (QED) is 0.721. The second-order valence-corrected chi connectivity index (χ2v) is 5.96. The van der Waals surface area contributed by atoms with Crippen LogP contribution in [0.1, 0.15) is 40.5 Å². The summed E-state index contributed by atoms with van der Waals surface area (Å²) in [7, 11) is 0. The van der Waals surface area contributed by atoms with Crippen molar-refractivity contribution in [2.75, 3.05) is 0 Å². The highest BCUT2D eigenvalue weighted by molar-refractivity contribution is 5.72. The van der Waals surface area contributed by atoms with Gasteiger partial charge in [-0.15, -0.1) is 0 Å². The van der Waals surface area contributed by atoms with Gasteiger partial charge >= 0.3 is 5.97 Å². The summed E-state index contributed by atoms with van der Waals surface area (Å²) in [5.74, 6) is 0.872. The first-order chi connectivity index (χ1) is 9.01. The lowest BCUT2D eigenvalue weighted by Gasteiger charge is -2.37. The summed E-state index contributed by atoms with van der Waals surface area (Å²) in [6.45, 7) is 8.25. The number of hydrogen-bond donors (Lipinski definition) is 0. The van der Waals surface area contributed by atoms with E-state index < -0.39 is 0 Å². The Hall–Kier alpha value is -1.05. The molecule has 2 aliphatic rings. The summed E-state index contributed by atoms with van der Waals surface area (Å²) >= 11 is 0. The molecule has 2 nitrogen and oxygen atoms in total. The zero-order valence-corrected chi connectivity index (χ0v) is 12.3. The summed E-state index contributed by atoms with van der Waals surface area (Å²) in [5, 5.41) is 0. The van der Waals surface area contributed by atoms with E-state index in [0.717, 1.165) is 12.8 Å². The minimum atomic E-state index is -0.0649. The van der Waals surface area contributed by atoms with Crippen molar-refractivity contribution < 1.29 is 9.53 Å². The van der Waals surface area contributed by atoms with Crippen molar-refractivity contribution in [2.45, 2.75) is 46.6 Å². The minimum Gasteiger partial charge on any atom is -0.461 e. The summed E-state index contributed by atoms with van der Waals surface area (Å²) in [6, 6.07) is 0. The molecule has 0 fully saturated rings. The first-order valence-electron chi connectivity index (χ1n) is 7.37. The Morgan fingerprint density at radius 1 is 1.53 bits per heavy atom. The van der Waals surface area contributed by atoms with Gasteiger partial charge in [0, 0.05) is 12.3 Å². The van der Waals surface area contributed by atoms with Gasteiger partial charge in [0.05, 0.1) is 5.92 Å². The van der Waals surface area contributed by atoms with E-state index in [9.17, 15) is 4.79 Å². The average molecular weight is 260 g/mol. The van der Waals surface area contributed by atoms with Crippen LogP contribution in [0, 0.1) is 30.1 Å². The highest BCUT2D eigenvalue weighted by Crippen LogP contribution is 2.38. The molecule has 2 heteroatoms. The zero-order valence-electron chi connectivity index (χ0n) is 12.3. The van der Waals surface area contributed by atoms with E-state index in [1.807, 2.05) is 13.8 Å². The van der Waals surface area contributed by atoms with E-state index in [2.05, 4.69) is 38.5 Å². The molecule has 5 atom stereocenters. The second-order valence-electron chi connectivity index (χ2n) is 5.96. The smallest absolute Gasteiger partial charge is 0.308 e. The van der Waals surface area contributed by atoms with Gasteiger partial charge in [-0.3, -0.25) is 4.79 Å². The highest BCUT2D eigenvalue weighted by Gasteiger charge is 2.35. The van der Waals surface area contributed by atoms with Crippen molar-refractivity contribution in [3.63, 3.8) is 0 Å². The fourth-order valence-corrected chi connectivity index (χ4v) is 2.72. The lowest BCUT2D eigenvalue weighted by molar-refractivity contribution is -0.156. The lowest BCUT2D eigenvalue weighted by Crippen LogP contribution is -2.36. The third-order valence-electron chi connectivity index (χ3n) is 4.11. The van der Waals surface area contributed by atoms with Crippen LogP contribution in [0.4, 0.5) is 0 Å². The molecule has 2 rings (SSSR count). The van der Waals surface area contributed by atoms with Gasteiger partial charge in [-0.2, -0.15) is 0 Å². The number of fused-ring (bicyclic) bond motifs is 1. The van der Waals surface area contributed by atoms with Crippen molar-refractivity contribution >= 4 is 5.97 Å². The molecule has 0 saturated heterocycles. The van der Waals surface area contributed by atoms with Crippen molar-refractivity contribution in [2.24, 2.45) is 23.7 Å². The fourth-order valence-electron chi connectivity index (χ4n) is 2.72. The van der Waals surface area contributed by atoms with Crippen LogP contribution >= 0.6 is 0 Å². The largest absolute Gasteiger partial charge is 0.461 e. The molecule has 0 aromatic carbocycles. The van der Waals surface area contributed by atoms with Crippen LogP contribution in [-0.4, -0.2) is 12.1 Å². The number of esters is 1. The van der Waals surface area contributed by atoms with E-state index in [-0.39, 0.29) is 23.9 Å². The molecule has 104 valence electrons. The summed E-state index contributed by atoms with van der Waals surface area (Å²) in [4.78, 5) is 12.0. The van der Waals surface area contributed by atoms with Gasteiger partial charge in [0.2, 0.25) is 0 Å². The van der Waals surface area contributed by atoms with Crippen LogP contribution < -0.4 is 0 Å². The molecule has 19 heavy (non-hydrogen) atoms. The molecule has 0 heterocycles. The van der Waals surface area contributed by atoms with E-state index in [1.165, 1.54) is 5.57 Å². The molecule has 0 N–H and O–H groups in total. The van der Waals surface area contributed by atoms with E-state index >= 15 is 0 Å². The van der Waals surface area contributed by atoms with Crippen LogP contribution in [0.15, 0.2) is 23.8 Å². The van der Waals surface area contributed by atoms with E-state index in [0.29, 0.717) is 11.8 Å². The summed E-state index contributed by atoms with van der Waals surface area (Å²) in [5.41, 5.74) is 1.26. The molecule has 0 aromatic heterocycles. The molecule has 0 spiro atoms. The Balaban J connectivity index is 2.11. The maximum Gasteiger partial charge on any atom is 0.308 e. The Morgan fingerprint density at radius 3 is 2.95 bits per heavy atom. The Morgan fingerprint density at radius 2 is 2.26 bits per heavy atom. The van der Waals surface area contributed by atoms with Crippen molar-refractivity contribution in [1.29, 1.82) is 0 Å². The minimum absolute atomic E-state index is 0.0128. The monoisotopic (exact) mass is 260 g/mol. The van der Waals surface area contributed by atoms with E-state index in [4.69, 9.17) is 4.74 Å². The van der Waals surface area contributed by atoms with Crippen LogP contribution in [0.5, 0.6) is 0 Å². The van der Waals surface area contributed by atoms with Crippen LogP contribution in [-0.2, 0) is 9.53 Å². The number of allylic oxidation sites excluding steroid dienone is 3. The second kappa shape index (κ2) is 5.94. The molecule has 5 unspecified atom stereocenters. The third kappa shape index (κ3) is 3.29. The first kappa shape index (κ1) is 14.4. The first-order valence-corrected chi connectivity index (χ1v) is 7.37. The van der Waals surface area contributed by atoms with Crippen LogP contribution in [0.3, 0.4) is 0 Å². The number of carbonyl (C=O) groups excluding carboxylic acids is 1. The van der Waals surface area contributed by atoms with Crippen molar-refractivity contribution in [3.8, 4) is 0 Å². The average Bonchev–Trinajstić information content (AvgIpc) is 2.38. The topological polar surface area (TPSA) is 26.3 Å². The number of rotatable bonds is 3. The Labute approximate surface area is 116 Å². The molecular formula is C17H24O2. The summed E-state index contributed by atoms with van der Waals surface area (Å²) in [6.07, 6.45) is 11.8. The maximum atomic E-state index is 12.0. The van der Waals surface area contributed by atoms with Gasteiger partial charge in [0.25, 0.3) is 0 Å². The van der Waals surface area contributed by atoms with Gasteiger partial charge in [-0.1, -0.05) is 45.9 Å². The van der Waals surface area contributed by atoms with E-state index in [1.54, 1.807) is 0 Å². The molecule has 2 radical (unpaired) electrons. The molecule has 0 saturated carbocycles. The normalized spacial score (nSPS) is 35.3. The van der Waals surface area contributed by atoms with Crippen molar-refractivity contribution in [3.05, 3.63) is 30.2 Å². The van der Waals surface area contributed by atoms with Crippen LogP contribution in [0.2, 0.25) is 0 Å². The number of carbonyl (C=O) groups is 1. The maximum absolute atomic E-state index is 12.0. The lowest BCUT2D eigenvalue weighted by atomic mass is 9.73. The molecule has 0 aliphatic heterocycles. The molecule has 2 aliphatic carbocycles. The Bertz CT molecular complexity index is 394. The van der Waals surface area contributed by atoms with Gasteiger partial charge in [-0.25, -0.2) is 0 Å². The van der Waals surface area contributed by atoms with Gasteiger partial charge < -0.3 is 4.74 Å². The predicted molar refractivity (Wildman–Crippen MR) is 76.2 cm³/mol. The molecular weight excluding hydrogens is 236 g/mol. The SMILES string of the molecule is CCC(C)C(=O)OC1CC(C)C=C2C=CC(C)[C]C21. The predicted octanol–water partition coefficient (Wildman–Crippen LogP) is 3.81. The third-order valence-corrected chi connectivity index (χ3v) is 4.11. The van der Waals surface area contributed by atoms with Gasteiger partial charge in [-0.05, 0) is 30.3 Å². The molecule has 0 amide bonds. The number of ether oxygens (including phenoxy) is 1. The number of hydrogen-bond acceptors (Lipinski definition) is 2. The molecule has 0 aromatic rings. The zero-order chi connectivity index (χ0) is 14.0. The van der Waals surface area contributed by atoms with Gasteiger partial charge in [0.15, 0.2) is 0 Å². The Kier molecular flexibility index (Phi) is 4.49. The fraction of sp³-hybridized carbons (Fsp3) is 0.647. The van der Waals surface area contributed by atoms with Crippen LogP contribution in [0.25, 0.3) is 0 Å². The van der Waals surface area contributed by atoms with Crippen molar-refractivity contribution in [1.82, 2.24) is 0 Å².